The zero-order chi connectivity index (χ0) is 19.3. The lowest BCUT2D eigenvalue weighted by Crippen LogP contribution is -2.28. The van der Waals surface area contributed by atoms with Gasteiger partial charge < -0.3 is 14.3 Å². The molecule has 2 aromatic carbocycles. The molecule has 0 bridgehead atoms. The summed E-state index contributed by atoms with van der Waals surface area (Å²) in [6.45, 7) is 2.59. The summed E-state index contributed by atoms with van der Waals surface area (Å²) < 4.78 is 7.31. The van der Waals surface area contributed by atoms with E-state index in [2.05, 4.69) is 34.2 Å². The van der Waals surface area contributed by atoms with Crippen LogP contribution in [0, 0.1) is 0 Å². The van der Waals surface area contributed by atoms with Gasteiger partial charge in [-0.25, -0.2) is 4.98 Å². The molecule has 1 N–H and O–H groups in total. The van der Waals surface area contributed by atoms with Crippen molar-refractivity contribution in [3.05, 3.63) is 96.2 Å². The Morgan fingerprint density at radius 2 is 1.89 bits per heavy atom. The van der Waals surface area contributed by atoms with Crippen LogP contribution in [0.25, 0.3) is 17.1 Å². The summed E-state index contributed by atoms with van der Waals surface area (Å²) >= 11 is 0. The monoisotopic (exact) mass is 371 g/mol. The molecule has 0 radical (unpaired) electrons. The van der Waals surface area contributed by atoms with E-state index in [1.807, 2.05) is 49.4 Å². The predicted octanol–water partition coefficient (Wildman–Crippen LogP) is 4.83. The second kappa shape index (κ2) is 7.96. The number of carbonyl (C=O) groups excluding carboxylic acids is 1. The summed E-state index contributed by atoms with van der Waals surface area (Å²) in [4.78, 5) is 17.1. The summed E-state index contributed by atoms with van der Waals surface area (Å²) in [6.07, 6.45) is 5.68. The number of para-hydroxylation sites is 2. The van der Waals surface area contributed by atoms with Crippen molar-refractivity contribution in [2.45, 2.75) is 19.5 Å². The minimum atomic E-state index is -0.268. The molecule has 1 amide bonds. The van der Waals surface area contributed by atoms with Crippen LogP contribution in [0.1, 0.15) is 34.9 Å². The fourth-order valence-corrected chi connectivity index (χ4v) is 3.22. The number of allylic oxidation sites excluding steroid dienone is 1. The number of nitrogens with zero attached hydrogens (tertiary/aromatic N) is 2. The molecule has 2 heterocycles. The minimum absolute atomic E-state index is 0.254. The Kier molecular flexibility index (Phi) is 5.06. The molecular formula is C23H21N3O2. The topological polar surface area (TPSA) is 60.1 Å². The van der Waals surface area contributed by atoms with Crippen LogP contribution < -0.4 is 5.32 Å². The number of hydrogen-bond donors (Lipinski definition) is 1. The summed E-state index contributed by atoms with van der Waals surface area (Å²) in [5.74, 6) is 0.841. The minimum Gasteiger partial charge on any atom is -0.459 e. The molecule has 0 saturated heterocycles. The number of benzene rings is 2. The number of imidazole rings is 1. The van der Waals surface area contributed by atoms with Gasteiger partial charge >= 0.3 is 0 Å². The number of fused-ring (bicyclic) bond motifs is 1. The first-order valence-electron chi connectivity index (χ1n) is 9.23. The average molecular weight is 371 g/mol. The van der Waals surface area contributed by atoms with E-state index in [1.54, 1.807) is 12.1 Å². The molecule has 1 atom stereocenters. The van der Waals surface area contributed by atoms with Gasteiger partial charge in [-0.2, -0.15) is 0 Å². The molecule has 0 aliphatic carbocycles. The van der Waals surface area contributed by atoms with Crippen molar-refractivity contribution in [2.24, 2.45) is 0 Å². The predicted molar refractivity (Wildman–Crippen MR) is 110 cm³/mol. The van der Waals surface area contributed by atoms with Gasteiger partial charge in [-0.1, -0.05) is 54.6 Å². The van der Waals surface area contributed by atoms with Crippen LogP contribution in [-0.2, 0) is 6.54 Å². The van der Waals surface area contributed by atoms with Gasteiger partial charge in [-0.05, 0) is 36.8 Å². The van der Waals surface area contributed by atoms with Gasteiger partial charge in [0.2, 0.25) is 0 Å². The fraction of sp³-hybridized carbons (Fsp3) is 0.130. The van der Waals surface area contributed by atoms with E-state index in [1.165, 1.54) is 6.26 Å². The molecule has 0 fully saturated rings. The van der Waals surface area contributed by atoms with Gasteiger partial charge in [0.1, 0.15) is 5.82 Å². The van der Waals surface area contributed by atoms with Gasteiger partial charge in [-0.15, -0.1) is 0 Å². The Bertz CT molecular complexity index is 1100. The van der Waals surface area contributed by atoms with Crippen molar-refractivity contribution < 1.29 is 9.21 Å². The van der Waals surface area contributed by atoms with Crippen LogP contribution in [-0.4, -0.2) is 15.5 Å². The van der Waals surface area contributed by atoms with E-state index in [9.17, 15) is 4.79 Å². The van der Waals surface area contributed by atoms with E-state index >= 15 is 0 Å². The highest BCUT2D eigenvalue weighted by molar-refractivity contribution is 5.91. The molecule has 28 heavy (non-hydrogen) atoms. The van der Waals surface area contributed by atoms with Gasteiger partial charge in [0.05, 0.1) is 23.3 Å². The first-order valence-corrected chi connectivity index (χ1v) is 9.23. The number of aromatic nitrogens is 2. The third-order valence-corrected chi connectivity index (χ3v) is 4.56. The molecule has 0 saturated carbocycles. The summed E-state index contributed by atoms with van der Waals surface area (Å²) in [5.41, 5.74) is 3.09. The lowest BCUT2D eigenvalue weighted by molar-refractivity contribution is 0.0909. The van der Waals surface area contributed by atoms with Gasteiger partial charge in [0.15, 0.2) is 5.76 Å². The van der Waals surface area contributed by atoms with E-state index in [4.69, 9.17) is 9.40 Å². The van der Waals surface area contributed by atoms with E-state index in [0.29, 0.717) is 12.3 Å². The molecule has 0 unspecified atom stereocenters. The Balaban J connectivity index is 1.61. The van der Waals surface area contributed by atoms with Crippen molar-refractivity contribution in [1.82, 2.24) is 14.9 Å². The molecule has 5 nitrogen and oxygen atoms in total. The molecule has 0 aliphatic heterocycles. The highest BCUT2D eigenvalue weighted by Gasteiger charge is 2.19. The molecule has 140 valence electrons. The van der Waals surface area contributed by atoms with E-state index in [0.717, 1.165) is 22.4 Å². The number of carbonyl (C=O) groups is 1. The second-order valence-electron chi connectivity index (χ2n) is 6.55. The quantitative estimate of drug-likeness (QED) is 0.528. The zero-order valence-corrected chi connectivity index (χ0v) is 15.6. The number of hydrogen-bond acceptors (Lipinski definition) is 3. The van der Waals surface area contributed by atoms with Gasteiger partial charge in [-0.3, -0.25) is 4.79 Å². The Labute approximate surface area is 163 Å². The maximum Gasteiger partial charge on any atom is 0.287 e. The Hall–Kier alpha value is -3.60. The summed E-state index contributed by atoms with van der Waals surface area (Å²) in [7, 11) is 0. The van der Waals surface area contributed by atoms with Crippen LogP contribution in [0.5, 0.6) is 0 Å². The maximum absolute atomic E-state index is 12.4. The van der Waals surface area contributed by atoms with Gasteiger partial charge in [0, 0.05) is 6.54 Å². The average Bonchev–Trinajstić information content (AvgIpc) is 3.37. The standard InChI is InChI=1S/C23H21N3O2/c1-17(24-23(27)21-14-8-16-28-21)22-25-19-12-5-6-13-20(19)26(22)15-7-11-18-9-3-2-4-10-18/h2-14,16-17H,15H2,1H3,(H,24,27)/b11-7-/t17-/m1/s1. The van der Waals surface area contributed by atoms with Crippen LogP contribution in [0.3, 0.4) is 0 Å². The Morgan fingerprint density at radius 3 is 2.68 bits per heavy atom. The summed E-state index contributed by atoms with van der Waals surface area (Å²) in [5, 5.41) is 2.97. The lowest BCUT2D eigenvalue weighted by atomic mass is 10.2. The van der Waals surface area contributed by atoms with Crippen LogP contribution in [0.2, 0.25) is 0 Å². The van der Waals surface area contributed by atoms with Gasteiger partial charge in [0.25, 0.3) is 5.91 Å². The molecule has 0 aliphatic rings. The molecule has 4 rings (SSSR count). The molecule has 0 spiro atoms. The second-order valence-corrected chi connectivity index (χ2v) is 6.55. The molecular weight excluding hydrogens is 350 g/mol. The SMILES string of the molecule is C[C@@H](NC(=O)c1ccco1)c1nc2ccccc2n1C/C=C\c1ccccc1. The summed E-state index contributed by atoms with van der Waals surface area (Å²) in [6, 6.07) is 21.2. The Morgan fingerprint density at radius 1 is 1.11 bits per heavy atom. The molecule has 5 heteroatoms. The smallest absolute Gasteiger partial charge is 0.287 e. The first kappa shape index (κ1) is 17.8. The van der Waals surface area contributed by atoms with Crippen LogP contribution >= 0.6 is 0 Å². The maximum atomic E-state index is 12.4. The third kappa shape index (κ3) is 3.74. The largest absolute Gasteiger partial charge is 0.459 e. The lowest BCUT2D eigenvalue weighted by Gasteiger charge is -2.14. The number of nitrogens with one attached hydrogen (secondary N) is 1. The zero-order valence-electron chi connectivity index (χ0n) is 15.6. The van der Waals surface area contributed by atoms with Crippen LogP contribution in [0.15, 0.2) is 83.5 Å². The van der Waals surface area contributed by atoms with Crippen molar-refractivity contribution in [1.29, 1.82) is 0 Å². The van der Waals surface area contributed by atoms with Crippen molar-refractivity contribution >= 4 is 23.0 Å². The number of furan rings is 1. The van der Waals surface area contributed by atoms with Crippen molar-refractivity contribution in [3.63, 3.8) is 0 Å². The fourth-order valence-electron chi connectivity index (χ4n) is 3.22. The normalized spacial score (nSPS) is 12.5. The highest BCUT2D eigenvalue weighted by atomic mass is 16.3. The highest BCUT2D eigenvalue weighted by Crippen LogP contribution is 2.21. The first-order chi connectivity index (χ1) is 13.7. The van der Waals surface area contributed by atoms with E-state index < -0.39 is 0 Å². The number of amides is 1. The number of rotatable bonds is 6. The van der Waals surface area contributed by atoms with Crippen molar-refractivity contribution in [3.8, 4) is 0 Å². The van der Waals surface area contributed by atoms with Crippen molar-refractivity contribution in [2.75, 3.05) is 0 Å². The van der Waals surface area contributed by atoms with E-state index in [-0.39, 0.29) is 11.9 Å². The molecule has 2 aromatic heterocycles. The van der Waals surface area contributed by atoms with Crippen LogP contribution in [0.4, 0.5) is 0 Å². The molecule has 4 aromatic rings. The third-order valence-electron chi connectivity index (χ3n) is 4.56.